The molecule has 28 heavy (non-hydrogen) atoms. The first-order valence-electron chi connectivity index (χ1n) is 10.1. The van der Waals surface area contributed by atoms with Crippen molar-refractivity contribution in [3.05, 3.63) is 75.8 Å². The first kappa shape index (κ1) is 17.2. The summed E-state index contributed by atoms with van der Waals surface area (Å²) in [6.45, 7) is 2.24. The third-order valence-electron chi connectivity index (χ3n) is 6.06. The van der Waals surface area contributed by atoms with E-state index in [4.69, 9.17) is 4.98 Å². The van der Waals surface area contributed by atoms with Gasteiger partial charge in [0.15, 0.2) is 0 Å². The third kappa shape index (κ3) is 2.91. The summed E-state index contributed by atoms with van der Waals surface area (Å²) in [6.07, 6.45) is 3.89. The molecule has 3 heterocycles. The molecular weight excluding hydrogens is 350 g/mol. The molecule has 5 nitrogen and oxygen atoms in total. The highest BCUT2D eigenvalue weighted by Crippen LogP contribution is 2.28. The Morgan fingerprint density at radius 3 is 2.75 bits per heavy atom. The van der Waals surface area contributed by atoms with Crippen molar-refractivity contribution in [2.24, 2.45) is 0 Å². The van der Waals surface area contributed by atoms with Gasteiger partial charge >= 0.3 is 0 Å². The van der Waals surface area contributed by atoms with E-state index >= 15 is 0 Å². The molecule has 2 aromatic carbocycles. The predicted octanol–water partition coefficient (Wildman–Crippen LogP) is 3.36. The number of hydrogen-bond acceptors (Lipinski definition) is 3. The Bertz CT molecular complexity index is 1100. The van der Waals surface area contributed by atoms with Gasteiger partial charge in [-0.2, -0.15) is 0 Å². The highest BCUT2D eigenvalue weighted by atomic mass is 16.2. The zero-order valence-electron chi connectivity index (χ0n) is 15.8. The fourth-order valence-corrected chi connectivity index (χ4v) is 4.50. The average Bonchev–Trinajstić information content (AvgIpc) is 3.24. The van der Waals surface area contributed by atoms with E-state index in [2.05, 4.69) is 12.1 Å². The van der Waals surface area contributed by atoms with Crippen molar-refractivity contribution in [2.45, 2.75) is 38.1 Å². The van der Waals surface area contributed by atoms with Crippen LogP contribution in [-0.2, 0) is 13.0 Å². The Kier molecular flexibility index (Phi) is 4.23. The number of rotatable bonds is 2. The normalized spacial score (nSPS) is 19.0. The van der Waals surface area contributed by atoms with E-state index in [9.17, 15) is 9.59 Å². The number of carbonyl (C=O) groups is 1. The van der Waals surface area contributed by atoms with Gasteiger partial charge in [-0.1, -0.05) is 30.3 Å². The lowest BCUT2D eigenvalue weighted by molar-refractivity contribution is 0.0791. The van der Waals surface area contributed by atoms with Crippen LogP contribution in [0.2, 0.25) is 0 Å². The predicted molar refractivity (Wildman–Crippen MR) is 109 cm³/mol. The molecule has 0 unspecified atom stereocenters. The van der Waals surface area contributed by atoms with Gasteiger partial charge in [-0.05, 0) is 43.0 Å². The Labute approximate surface area is 163 Å². The minimum atomic E-state index is 0.0176. The van der Waals surface area contributed by atoms with Crippen molar-refractivity contribution < 1.29 is 4.79 Å². The van der Waals surface area contributed by atoms with Crippen LogP contribution >= 0.6 is 0 Å². The zero-order chi connectivity index (χ0) is 19.1. The van der Waals surface area contributed by atoms with E-state index in [1.165, 1.54) is 5.56 Å². The van der Waals surface area contributed by atoms with Gasteiger partial charge in [0.1, 0.15) is 5.82 Å². The van der Waals surface area contributed by atoms with Gasteiger partial charge in [-0.3, -0.25) is 14.2 Å². The minimum absolute atomic E-state index is 0.0176. The SMILES string of the molecule is O=C(c1ccc2c(=O)n3c(nc2c1)CCCC3)N1CC[C@H](c2ccccc2)C1. The summed E-state index contributed by atoms with van der Waals surface area (Å²) < 4.78 is 1.79. The van der Waals surface area contributed by atoms with Crippen LogP contribution in [0.1, 0.15) is 46.9 Å². The molecule has 0 spiro atoms. The number of hydrogen-bond donors (Lipinski definition) is 0. The first-order valence-corrected chi connectivity index (χ1v) is 10.1. The van der Waals surface area contributed by atoms with Crippen LogP contribution in [0.3, 0.4) is 0 Å². The molecule has 2 aliphatic heterocycles. The number of carbonyl (C=O) groups excluding carboxylic acids is 1. The number of aromatic nitrogens is 2. The third-order valence-corrected chi connectivity index (χ3v) is 6.06. The Hall–Kier alpha value is -2.95. The maximum Gasteiger partial charge on any atom is 0.261 e. The number of benzene rings is 2. The van der Waals surface area contributed by atoms with E-state index in [1.54, 1.807) is 22.8 Å². The molecule has 1 fully saturated rings. The molecule has 142 valence electrons. The number of fused-ring (bicyclic) bond motifs is 2. The molecule has 0 saturated carbocycles. The monoisotopic (exact) mass is 373 g/mol. The fraction of sp³-hybridized carbons (Fsp3) is 0.348. The van der Waals surface area contributed by atoms with E-state index < -0.39 is 0 Å². The second-order valence-corrected chi connectivity index (χ2v) is 7.82. The Morgan fingerprint density at radius 2 is 1.89 bits per heavy atom. The summed E-state index contributed by atoms with van der Waals surface area (Å²) in [5, 5.41) is 0.603. The van der Waals surface area contributed by atoms with Gasteiger partial charge in [0.05, 0.1) is 10.9 Å². The molecule has 5 heteroatoms. The number of aryl methyl sites for hydroxylation is 1. The molecule has 3 aromatic rings. The minimum Gasteiger partial charge on any atom is -0.338 e. The molecule has 2 aliphatic rings. The first-order chi connectivity index (χ1) is 13.7. The molecule has 1 amide bonds. The van der Waals surface area contributed by atoms with Crippen molar-refractivity contribution in [2.75, 3.05) is 13.1 Å². The number of amides is 1. The number of likely N-dealkylation sites (tertiary alicyclic amines) is 1. The van der Waals surface area contributed by atoms with Gasteiger partial charge in [0.25, 0.3) is 11.5 Å². The molecule has 0 radical (unpaired) electrons. The fourth-order valence-electron chi connectivity index (χ4n) is 4.50. The van der Waals surface area contributed by atoms with E-state index in [0.29, 0.717) is 22.4 Å². The second kappa shape index (κ2) is 6.89. The second-order valence-electron chi connectivity index (χ2n) is 7.82. The van der Waals surface area contributed by atoms with Gasteiger partial charge in [-0.15, -0.1) is 0 Å². The quantitative estimate of drug-likeness (QED) is 0.692. The molecule has 0 aliphatic carbocycles. The smallest absolute Gasteiger partial charge is 0.261 e. The maximum atomic E-state index is 13.1. The van der Waals surface area contributed by atoms with E-state index in [0.717, 1.165) is 51.1 Å². The zero-order valence-corrected chi connectivity index (χ0v) is 15.8. The van der Waals surface area contributed by atoms with Gasteiger partial charge in [-0.25, -0.2) is 4.98 Å². The lowest BCUT2D eigenvalue weighted by Crippen LogP contribution is -2.30. The molecule has 1 aromatic heterocycles. The summed E-state index contributed by atoms with van der Waals surface area (Å²) in [7, 11) is 0. The van der Waals surface area contributed by atoms with Crippen LogP contribution in [-0.4, -0.2) is 33.4 Å². The molecule has 1 atom stereocenters. The summed E-state index contributed by atoms with van der Waals surface area (Å²) in [5.41, 5.74) is 2.57. The van der Waals surface area contributed by atoms with Gasteiger partial charge in [0.2, 0.25) is 0 Å². The van der Waals surface area contributed by atoms with Crippen molar-refractivity contribution in [1.29, 1.82) is 0 Å². The average molecular weight is 373 g/mol. The van der Waals surface area contributed by atoms with Gasteiger partial charge < -0.3 is 4.90 Å². The topological polar surface area (TPSA) is 55.2 Å². The van der Waals surface area contributed by atoms with Crippen LogP contribution in [0.15, 0.2) is 53.3 Å². The molecule has 0 bridgehead atoms. The van der Waals surface area contributed by atoms with Crippen molar-refractivity contribution in [3.63, 3.8) is 0 Å². The van der Waals surface area contributed by atoms with Crippen molar-refractivity contribution in [3.8, 4) is 0 Å². The summed E-state index contributed by atoms with van der Waals surface area (Å²) >= 11 is 0. The largest absolute Gasteiger partial charge is 0.338 e. The Balaban J connectivity index is 1.43. The summed E-state index contributed by atoms with van der Waals surface area (Å²) in [5.74, 6) is 1.26. The van der Waals surface area contributed by atoms with Crippen LogP contribution in [0.5, 0.6) is 0 Å². The molecule has 1 saturated heterocycles. The Morgan fingerprint density at radius 1 is 1.04 bits per heavy atom. The van der Waals surface area contributed by atoms with Gasteiger partial charge in [0, 0.05) is 37.5 Å². The number of nitrogens with zero attached hydrogens (tertiary/aromatic N) is 3. The lowest BCUT2D eigenvalue weighted by Gasteiger charge is -2.19. The standard InChI is InChI=1S/C23H23N3O2/c27-22(25-13-11-18(15-25)16-6-2-1-3-7-16)17-9-10-19-20(14-17)24-21-8-4-5-12-26(21)23(19)28/h1-3,6-7,9-10,14,18H,4-5,8,11-13,15H2/t18-/m0/s1. The summed E-state index contributed by atoms with van der Waals surface area (Å²) in [6, 6.07) is 15.7. The molecular formula is C23H23N3O2. The van der Waals surface area contributed by atoms with E-state index in [-0.39, 0.29) is 11.5 Å². The summed E-state index contributed by atoms with van der Waals surface area (Å²) in [4.78, 5) is 32.4. The van der Waals surface area contributed by atoms with Crippen LogP contribution < -0.4 is 5.56 Å². The highest BCUT2D eigenvalue weighted by molar-refractivity contribution is 5.97. The van der Waals surface area contributed by atoms with Crippen LogP contribution in [0.25, 0.3) is 10.9 Å². The van der Waals surface area contributed by atoms with Crippen molar-refractivity contribution in [1.82, 2.24) is 14.5 Å². The van der Waals surface area contributed by atoms with Crippen LogP contribution in [0, 0.1) is 0 Å². The van der Waals surface area contributed by atoms with E-state index in [1.807, 2.05) is 23.1 Å². The van der Waals surface area contributed by atoms with Crippen LogP contribution in [0.4, 0.5) is 0 Å². The molecule has 0 N–H and O–H groups in total. The molecule has 5 rings (SSSR count). The lowest BCUT2D eigenvalue weighted by atomic mass is 9.99. The highest BCUT2D eigenvalue weighted by Gasteiger charge is 2.28. The maximum absolute atomic E-state index is 13.1. The van der Waals surface area contributed by atoms with Crippen molar-refractivity contribution >= 4 is 16.8 Å².